The molecule has 0 unspecified atom stereocenters. The number of halogens is 1. The number of nitrogens with one attached hydrogen (secondary N) is 1. The molecule has 2 aromatic carbocycles. The van der Waals surface area contributed by atoms with Gasteiger partial charge in [0.05, 0.1) is 21.8 Å². The van der Waals surface area contributed by atoms with Crippen molar-refractivity contribution in [3.8, 4) is 0 Å². The highest BCUT2D eigenvalue weighted by Gasteiger charge is 2.39. The van der Waals surface area contributed by atoms with Crippen LogP contribution >= 0.6 is 11.6 Å². The predicted octanol–water partition coefficient (Wildman–Crippen LogP) is 4.06. The van der Waals surface area contributed by atoms with E-state index in [2.05, 4.69) is 5.32 Å². The lowest BCUT2D eigenvalue weighted by molar-refractivity contribution is -0.0583. The minimum absolute atomic E-state index is 0.00774. The van der Waals surface area contributed by atoms with Gasteiger partial charge in [0, 0.05) is 0 Å². The van der Waals surface area contributed by atoms with E-state index >= 15 is 0 Å². The molecular formula is C20H17ClN2O6. The molecule has 1 aliphatic heterocycles. The molecule has 0 radical (unpaired) electrons. The van der Waals surface area contributed by atoms with Gasteiger partial charge in [-0.15, -0.1) is 0 Å². The Balaban J connectivity index is 1.84. The molecule has 9 heteroatoms. The van der Waals surface area contributed by atoms with Crippen LogP contribution in [0.5, 0.6) is 0 Å². The molecule has 29 heavy (non-hydrogen) atoms. The lowest BCUT2D eigenvalue weighted by Gasteiger charge is -2.20. The van der Waals surface area contributed by atoms with Crippen LogP contribution in [0.1, 0.15) is 51.8 Å². The van der Waals surface area contributed by atoms with Crippen LogP contribution in [0.25, 0.3) is 0 Å². The molecule has 2 aromatic rings. The van der Waals surface area contributed by atoms with Crippen molar-refractivity contribution in [3.63, 3.8) is 0 Å². The number of anilines is 1. The van der Waals surface area contributed by atoms with Crippen molar-refractivity contribution >= 4 is 41.2 Å². The Bertz CT molecular complexity index is 993. The summed E-state index contributed by atoms with van der Waals surface area (Å²) in [5.74, 6) is -2.63. The van der Waals surface area contributed by atoms with Gasteiger partial charge in [-0.3, -0.25) is 14.9 Å². The van der Waals surface area contributed by atoms with Gasteiger partial charge in [-0.25, -0.2) is 9.59 Å². The SMILES string of the molecule is CC(C)(C)OC(=O)Nc1cccc(Cl)c1C(=O)ON1C(=O)c2ccccc2C1=O. The molecule has 0 spiro atoms. The Morgan fingerprint density at radius 2 is 1.55 bits per heavy atom. The first-order valence-electron chi connectivity index (χ1n) is 8.57. The van der Waals surface area contributed by atoms with Gasteiger partial charge >= 0.3 is 12.1 Å². The third kappa shape index (κ3) is 4.22. The number of benzene rings is 2. The maximum atomic E-state index is 12.7. The molecule has 1 aliphatic rings. The molecule has 0 aliphatic carbocycles. The number of amides is 3. The van der Waals surface area contributed by atoms with E-state index in [9.17, 15) is 19.2 Å². The number of ether oxygens (including phenoxy) is 1. The van der Waals surface area contributed by atoms with Crippen molar-refractivity contribution in [1.29, 1.82) is 0 Å². The first-order valence-corrected chi connectivity index (χ1v) is 8.95. The Labute approximate surface area is 171 Å². The van der Waals surface area contributed by atoms with Gasteiger partial charge in [0.1, 0.15) is 11.2 Å². The molecule has 0 saturated heterocycles. The first-order chi connectivity index (χ1) is 13.6. The van der Waals surface area contributed by atoms with Crippen LogP contribution < -0.4 is 5.32 Å². The number of hydrogen-bond donors (Lipinski definition) is 1. The van der Waals surface area contributed by atoms with Gasteiger partial charge in [0.15, 0.2) is 0 Å². The largest absolute Gasteiger partial charge is 0.444 e. The highest BCUT2D eigenvalue weighted by molar-refractivity contribution is 6.34. The minimum atomic E-state index is -1.09. The Morgan fingerprint density at radius 1 is 0.966 bits per heavy atom. The van der Waals surface area contributed by atoms with Crippen LogP contribution in [-0.2, 0) is 9.57 Å². The summed E-state index contributed by atoms with van der Waals surface area (Å²) in [4.78, 5) is 54.6. The topological polar surface area (TPSA) is 102 Å². The Kier molecular flexibility index (Phi) is 5.30. The van der Waals surface area contributed by atoms with Crippen molar-refractivity contribution in [2.45, 2.75) is 26.4 Å². The number of hydrogen-bond acceptors (Lipinski definition) is 6. The van der Waals surface area contributed by atoms with Crippen LogP contribution in [0.4, 0.5) is 10.5 Å². The molecule has 8 nitrogen and oxygen atoms in total. The standard InChI is InChI=1S/C20H17ClN2O6/c1-20(2,3)28-19(27)22-14-10-6-9-13(21)15(14)18(26)29-23-16(24)11-7-4-5-8-12(11)17(23)25/h4-10H,1-3H3,(H,22,27). The van der Waals surface area contributed by atoms with Gasteiger partial charge in [0.2, 0.25) is 0 Å². The molecular weight excluding hydrogens is 400 g/mol. The summed E-state index contributed by atoms with van der Waals surface area (Å²) in [5, 5.41) is 2.75. The molecule has 150 valence electrons. The summed E-state index contributed by atoms with van der Waals surface area (Å²) in [6, 6.07) is 10.4. The molecule has 0 bridgehead atoms. The second-order valence-corrected chi connectivity index (χ2v) is 7.53. The number of nitrogens with zero attached hydrogens (tertiary/aromatic N) is 1. The Morgan fingerprint density at radius 3 is 2.10 bits per heavy atom. The predicted molar refractivity (Wildman–Crippen MR) is 104 cm³/mol. The average Bonchev–Trinajstić information content (AvgIpc) is 2.85. The molecule has 0 saturated carbocycles. The van der Waals surface area contributed by atoms with E-state index < -0.39 is 29.5 Å². The lowest BCUT2D eigenvalue weighted by atomic mass is 10.1. The third-order valence-corrected chi connectivity index (χ3v) is 4.10. The number of fused-ring (bicyclic) bond motifs is 1. The van der Waals surface area contributed by atoms with E-state index in [0.29, 0.717) is 5.06 Å². The van der Waals surface area contributed by atoms with Crippen LogP contribution in [0, 0.1) is 0 Å². The zero-order chi connectivity index (χ0) is 21.3. The van der Waals surface area contributed by atoms with E-state index in [-0.39, 0.29) is 27.4 Å². The molecule has 0 fully saturated rings. The van der Waals surface area contributed by atoms with E-state index in [1.807, 2.05) is 0 Å². The van der Waals surface area contributed by atoms with Gasteiger partial charge in [-0.05, 0) is 45.0 Å². The average molecular weight is 417 g/mol. The fourth-order valence-electron chi connectivity index (χ4n) is 2.63. The van der Waals surface area contributed by atoms with E-state index in [4.69, 9.17) is 21.2 Å². The number of carbonyl (C=O) groups excluding carboxylic acids is 4. The number of rotatable bonds is 3. The first kappa shape index (κ1) is 20.3. The smallest absolute Gasteiger partial charge is 0.412 e. The number of imide groups is 1. The second kappa shape index (κ2) is 7.56. The fourth-order valence-corrected chi connectivity index (χ4v) is 2.88. The monoisotopic (exact) mass is 416 g/mol. The van der Waals surface area contributed by atoms with Gasteiger partial charge in [-0.1, -0.05) is 34.9 Å². The van der Waals surface area contributed by atoms with Crippen molar-refractivity contribution in [2.75, 3.05) is 5.32 Å². The summed E-state index contributed by atoms with van der Waals surface area (Å²) in [7, 11) is 0. The van der Waals surface area contributed by atoms with E-state index in [1.165, 1.54) is 30.3 Å². The number of hydroxylamine groups is 2. The molecule has 1 N–H and O–H groups in total. The molecule has 0 atom stereocenters. The quantitative estimate of drug-likeness (QED) is 0.757. The molecule has 3 rings (SSSR count). The zero-order valence-electron chi connectivity index (χ0n) is 15.8. The van der Waals surface area contributed by atoms with Crippen molar-refractivity contribution in [1.82, 2.24) is 5.06 Å². The second-order valence-electron chi connectivity index (χ2n) is 7.12. The van der Waals surface area contributed by atoms with Crippen molar-refractivity contribution < 1.29 is 28.8 Å². The fraction of sp³-hybridized carbons (Fsp3) is 0.200. The minimum Gasteiger partial charge on any atom is -0.444 e. The van der Waals surface area contributed by atoms with Gasteiger partial charge < -0.3 is 9.57 Å². The Hall–Kier alpha value is -3.39. The number of carbonyl (C=O) groups is 4. The van der Waals surface area contributed by atoms with Crippen LogP contribution in [-0.4, -0.2) is 34.5 Å². The van der Waals surface area contributed by atoms with Crippen LogP contribution in [0.2, 0.25) is 5.02 Å². The van der Waals surface area contributed by atoms with Gasteiger partial charge in [-0.2, -0.15) is 0 Å². The van der Waals surface area contributed by atoms with Crippen LogP contribution in [0.15, 0.2) is 42.5 Å². The summed E-state index contributed by atoms with van der Waals surface area (Å²) in [6.45, 7) is 5.05. The molecule has 1 heterocycles. The summed E-state index contributed by atoms with van der Waals surface area (Å²) in [6.07, 6.45) is -0.811. The summed E-state index contributed by atoms with van der Waals surface area (Å²) >= 11 is 6.11. The lowest BCUT2D eigenvalue weighted by Crippen LogP contribution is -2.33. The van der Waals surface area contributed by atoms with Crippen molar-refractivity contribution in [2.24, 2.45) is 0 Å². The molecule has 3 amide bonds. The molecule has 0 aromatic heterocycles. The highest BCUT2D eigenvalue weighted by Crippen LogP contribution is 2.28. The van der Waals surface area contributed by atoms with E-state index in [1.54, 1.807) is 32.9 Å². The highest BCUT2D eigenvalue weighted by atomic mass is 35.5. The van der Waals surface area contributed by atoms with E-state index in [0.717, 1.165) is 0 Å². The summed E-state index contributed by atoms with van der Waals surface area (Å²) < 4.78 is 5.16. The van der Waals surface area contributed by atoms with Gasteiger partial charge in [0.25, 0.3) is 11.8 Å². The third-order valence-electron chi connectivity index (χ3n) is 3.78. The zero-order valence-corrected chi connectivity index (χ0v) is 16.6. The van der Waals surface area contributed by atoms with Crippen LogP contribution in [0.3, 0.4) is 0 Å². The maximum Gasteiger partial charge on any atom is 0.412 e. The van der Waals surface area contributed by atoms with Crippen molar-refractivity contribution in [3.05, 3.63) is 64.2 Å². The normalized spacial score (nSPS) is 13.2. The summed E-state index contributed by atoms with van der Waals surface area (Å²) in [5.41, 5.74) is -0.734. The maximum absolute atomic E-state index is 12.7.